The number of sulfonamides is 1. The maximum absolute atomic E-state index is 13.4. The molecule has 178 valence electrons. The van der Waals surface area contributed by atoms with Crippen molar-refractivity contribution in [3.8, 4) is 0 Å². The average Bonchev–Trinajstić information content (AvgIpc) is 2.86. The van der Waals surface area contributed by atoms with Gasteiger partial charge in [0.25, 0.3) is 5.91 Å². The van der Waals surface area contributed by atoms with Gasteiger partial charge in [-0.1, -0.05) is 25.1 Å². The van der Waals surface area contributed by atoms with E-state index in [-0.39, 0.29) is 16.8 Å². The molecule has 1 amide bonds. The lowest BCUT2D eigenvalue weighted by Gasteiger charge is -2.27. The summed E-state index contributed by atoms with van der Waals surface area (Å²) in [5.41, 5.74) is 4.13. The Hall–Kier alpha value is -1.87. The van der Waals surface area contributed by atoms with Gasteiger partial charge in [0.05, 0.1) is 23.7 Å². The number of carbonyl (C=O) groups excluding carboxylic acids is 1. The molecule has 0 spiro atoms. The van der Waals surface area contributed by atoms with Crippen molar-refractivity contribution in [2.45, 2.75) is 54.9 Å². The number of rotatable bonds is 7. The van der Waals surface area contributed by atoms with Crippen molar-refractivity contribution >= 4 is 27.7 Å². The molecule has 1 heterocycles. The fraction of sp³-hybridized carbons (Fsp3) is 0.480. The summed E-state index contributed by atoms with van der Waals surface area (Å²) in [6, 6.07) is 10.9. The second kappa shape index (κ2) is 10.6. The highest BCUT2D eigenvalue weighted by Crippen LogP contribution is 2.29. The van der Waals surface area contributed by atoms with Gasteiger partial charge in [-0.2, -0.15) is 0 Å². The number of amides is 1. The first-order chi connectivity index (χ1) is 15.9. The van der Waals surface area contributed by atoms with Gasteiger partial charge in [0, 0.05) is 24.0 Å². The first kappa shape index (κ1) is 24.3. The standard InChI is InChI=1S/C25H32N2O4S2/c1-3-23(20-9-8-18-6-4-5-7-19(18)16-20)26-33(29,30)21-10-11-24(32-2)22(17-21)25(28)27-12-14-31-15-13-27/h8-11,16-17,23,26H,3-7,12-15H2,1-2H3. The van der Waals surface area contributed by atoms with Gasteiger partial charge in [0.2, 0.25) is 10.0 Å². The third-order valence-corrected chi connectivity index (χ3v) is 8.76. The summed E-state index contributed by atoms with van der Waals surface area (Å²) in [4.78, 5) is 15.8. The van der Waals surface area contributed by atoms with Crippen molar-refractivity contribution in [1.82, 2.24) is 9.62 Å². The van der Waals surface area contributed by atoms with Crippen LogP contribution in [0.3, 0.4) is 0 Å². The zero-order valence-corrected chi connectivity index (χ0v) is 20.9. The van der Waals surface area contributed by atoms with E-state index in [4.69, 9.17) is 4.74 Å². The molecule has 2 aromatic rings. The van der Waals surface area contributed by atoms with Crippen LogP contribution in [-0.4, -0.2) is 51.8 Å². The summed E-state index contributed by atoms with van der Waals surface area (Å²) >= 11 is 1.44. The molecule has 0 bridgehead atoms. The molecular weight excluding hydrogens is 456 g/mol. The molecule has 1 aliphatic heterocycles. The molecular formula is C25H32N2O4S2. The van der Waals surface area contributed by atoms with E-state index in [1.165, 1.54) is 41.8 Å². The summed E-state index contributed by atoms with van der Waals surface area (Å²) < 4.78 is 34.9. The van der Waals surface area contributed by atoms with E-state index in [1.54, 1.807) is 17.0 Å². The van der Waals surface area contributed by atoms with Crippen LogP contribution >= 0.6 is 11.8 Å². The predicted molar refractivity (Wildman–Crippen MR) is 131 cm³/mol. The Morgan fingerprint density at radius 1 is 1.09 bits per heavy atom. The largest absolute Gasteiger partial charge is 0.378 e. The number of thioether (sulfide) groups is 1. The van der Waals surface area contributed by atoms with Gasteiger partial charge in [0.1, 0.15) is 0 Å². The number of hydrogen-bond donors (Lipinski definition) is 1. The number of aryl methyl sites for hydroxylation is 2. The SMILES string of the molecule is CCC(NS(=O)(=O)c1ccc(SC)c(C(=O)N2CCOCC2)c1)c1ccc2c(c1)CCCC2. The lowest BCUT2D eigenvalue weighted by atomic mass is 9.89. The van der Waals surface area contributed by atoms with Crippen molar-refractivity contribution < 1.29 is 17.9 Å². The summed E-state index contributed by atoms with van der Waals surface area (Å²) in [5.74, 6) is -0.151. The van der Waals surface area contributed by atoms with Crippen LogP contribution in [0, 0.1) is 0 Å². The topological polar surface area (TPSA) is 75.7 Å². The van der Waals surface area contributed by atoms with E-state index in [1.807, 2.05) is 19.2 Å². The summed E-state index contributed by atoms with van der Waals surface area (Å²) in [5, 5.41) is 0. The van der Waals surface area contributed by atoms with Crippen molar-refractivity contribution in [2.24, 2.45) is 0 Å². The number of nitrogens with one attached hydrogen (secondary N) is 1. The van der Waals surface area contributed by atoms with E-state index in [2.05, 4.69) is 16.9 Å². The van der Waals surface area contributed by atoms with E-state index >= 15 is 0 Å². The molecule has 8 heteroatoms. The van der Waals surface area contributed by atoms with Crippen LogP contribution in [0.2, 0.25) is 0 Å². The number of nitrogens with zero attached hydrogens (tertiary/aromatic N) is 1. The fourth-order valence-corrected chi connectivity index (χ4v) is 6.47. The Kier molecular flexibility index (Phi) is 7.79. The summed E-state index contributed by atoms with van der Waals surface area (Å²) in [6.45, 7) is 4.00. The minimum absolute atomic E-state index is 0.119. The van der Waals surface area contributed by atoms with E-state index in [0.717, 1.165) is 23.3 Å². The quantitative estimate of drug-likeness (QED) is 0.592. The van der Waals surface area contributed by atoms with Crippen LogP contribution in [0.15, 0.2) is 46.2 Å². The van der Waals surface area contributed by atoms with Gasteiger partial charge in [0.15, 0.2) is 0 Å². The zero-order valence-electron chi connectivity index (χ0n) is 19.3. The highest BCUT2D eigenvalue weighted by Gasteiger charge is 2.26. The maximum Gasteiger partial charge on any atom is 0.255 e. The van der Waals surface area contributed by atoms with Gasteiger partial charge >= 0.3 is 0 Å². The van der Waals surface area contributed by atoms with Crippen molar-refractivity contribution in [3.05, 3.63) is 58.7 Å². The van der Waals surface area contributed by atoms with Gasteiger partial charge in [-0.05, 0) is 73.2 Å². The van der Waals surface area contributed by atoms with Gasteiger partial charge in [-0.3, -0.25) is 4.79 Å². The van der Waals surface area contributed by atoms with Crippen LogP contribution in [0.25, 0.3) is 0 Å². The number of carbonyl (C=O) groups is 1. The molecule has 0 saturated carbocycles. The highest BCUT2D eigenvalue weighted by atomic mass is 32.2. The third-order valence-electron chi connectivity index (χ3n) is 6.49. The molecule has 2 aromatic carbocycles. The van der Waals surface area contributed by atoms with Crippen LogP contribution in [0.5, 0.6) is 0 Å². The van der Waals surface area contributed by atoms with Crippen molar-refractivity contribution in [3.63, 3.8) is 0 Å². The molecule has 1 atom stereocenters. The molecule has 0 aromatic heterocycles. The Morgan fingerprint density at radius 2 is 1.82 bits per heavy atom. The van der Waals surface area contributed by atoms with Gasteiger partial charge < -0.3 is 9.64 Å². The molecule has 1 unspecified atom stereocenters. The molecule has 1 saturated heterocycles. The molecule has 6 nitrogen and oxygen atoms in total. The normalized spacial score (nSPS) is 17.5. The first-order valence-corrected chi connectivity index (χ1v) is 14.3. The maximum atomic E-state index is 13.4. The number of hydrogen-bond acceptors (Lipinski definition) is 5. The molecule has 1 N–H and O–H groups in total. The highest BCUT2D eigenvalue weighted by molar-refractivity contribution is 7.98. The van der Waals surface area contributed by atoms with Gasteiger partial charge in [-0.15, -0.1) is 11.8 Å². The second-order valence-corrected chi connectivity index (χ2v) is 11.1. The van der Waals surface area contributed by atoms with Crippen LogP contribution in [0.1, 0.15) is 59.3 Å². The minimum Gasteiger partial charge on any atom is -0.378 e. The Balaban J connectivity index is 1.60. The van der Waals surface area contributed by atoms with Crippen LogP contribution in [-0.2, 0) is 27.6 Å². The molecule has 1 aliphatic carbocycles. The third kappa shape index (κ3) is 5.45. The zero-order chi connectivity index (χ0) is 23.4. The Labute approximate surface area is 201 Å². The number of morpholine rings is 1. The second-order valence-electron chi connectivity index (χ2n) is 8.58. The number of fused-ring (bicyclic) bond motifs is 1. The monoisotopic (exact) mass is 488 g/mol. The van der Waals surface area contributed by atoms with E-state index in [0.29, 0.717) is 38.3 Å². The van der Waals surface area contributed by atoms with Crippen LogP contribution < -0.4 is 4.72 Å². The van der Waals surface area contributed by atoms with Crippen LogP contribution in [0.4, 0.5) is 0 Å². The number of benzene rings is 2. The lowest BCUT2D eigenvalue weighted by Crippen LogP contribution is -2.41. The summed E-state index contributed by atoms with van der Waals surface area (Å²) in [6.07, 6.45) is 7.07. The lowest BCUT2D eigenvalue weighted by molar-refractivity contribution is 0.0300. The molecule has 4 rings (SSSR count). The predicted octanol–water partition coefficient (Wildman–Crippen LogP) is 4.19. The van der Waals surface area contributed by atoms with E-state index in [9.17, 15) is 13.2 Å². The molecule has 1 fully saturated rings. The molecule has 0 radical (unpaired) electrons. The fourth-order valence-electron chi connectivity index (χ4n) is 4.57. The average molecular weight is 489 g/mol. The Bertz CT molecular complexity index is 1110. The van der Waals surface area contributed by atoms with Crippen molar-refractivity contribution in [1.29, 1.82) is 0 Å². The van der Waals surface area contributed by atoms with Gasteiger partial charge in [-0.25, -0.2) is 13.1 Å². The summed E-state index contributed by atoms with van der Waals surface area (Å²) in [7, 11) is -3.81. The number of ether oxygens (including phenoxy) is 1. The molecule has 2 aliphatic rings. The molecule has 33 heavy (non-hydrogen) atoms. The smallest absolute Gasteiger partial charge is 0.255 e. The first-order valence-electron chi connectivity index (χ1n) is 11.6. The van der Waals surface area contributed by atoms with Crippen molar-refractivity contribution in [2.75, 3.05) is 32.6 Å². The van der Waals surface area contributed by atoms with E-state index < -0.39 is 10.0 Å². The Morgan fingerprint density at radius 3 is 2.52 bits per heavy atom. The minimum atomic E-state index is -3.81.